The average Bonchev–Trinajstić information content (AvgIpc) is 2.81. The molecule has 1 heterocycles. The fourth-order valence-electron chi connectivity index (χ4n) is 1.42. The lowest BCUT2D eigenvalue weighted by Gasteiger charge is -2.04. The highest BCUT2D eigenvalue weighted by Gasteiger charge is 2.12. The first-order valence-corrected chi connectivity index (χ1v) is 6.32. The van der Waals surface area contributed by atoms with Crippen molar-refractivity contribution in [2.24, 2.45) is 7.05 Å². The number of carbonyl (C=O) groups excluding carboxylic acids is 1. The number of hydrogen-bond donors (Lipinski definition) is 0. The molecule has 1 aromatic heterocycles. The van der Waals surface area contributed by atoms with Crippen molar-refractivity contribution in [1.29, 1.82) is 0 Å². The summed E-state index contributed by atoms with van der Waals surface area (Å²) < 4.78 is 19.7. The van der Waals surface area contributed by atoms with Crippen LogP contribution >= 0.6 is 11.8 Å². The van der Waals surface area contributed by atoms with Gasteiger partial charge in [-0.3, -0.25) is 0 Å². The summed E-state index contributed by atoms with van der Waals surface area (Å²) in [6, 6.07) is 4.39. The van der Waals surface area contributed by atoms with E-state index in [1.807, 2.05) is 0 Å². The van der Waals surface area contributed by atoms with Crippen LogP contribution in [0.2, 0.25) is 0 Å². The summed E-state index contributed by atoms with van der Waals surface area (Å²) in [4.78, 5) is 11.2. The molecule has 0 atom stereocenters. The second-order valence-corrected chi connectivity index (χ2v) is 4.62. The number of carbonyl (C=O) groups is 1. The third-order valence-corrected chi connectivity index (χ3v) is 3.47. The third kappa shape index (κ3) is 3.08. The van der Waals surface area contributed by atoms with Gasteiger partial charge in [-0.15, -0.1) is 5.10 Å². The third-order valence-electron chi connectivity index (χ3n) is 2.39. The van der Waals surface area contributed by atoms with Crippen molar-refractivity contribution >= 4 is 17.7 Å². The molecule has 0 saturated carbocycles. The maximum atomic E-state index is 13.7. The number of hydrogen-bond acceptors (Lipinski definition) is 6. The smallest absolute Gasteiger partial charge is 0.340 e. The summed E-state index contributed by atoms with van der Waals surface area (Å²) in [5, 5.41) is 11.6. The Morgan fingerprint density at radius 2 is 2.32 bits per heavy atom. The lowest BCUT2D eigenvalue weighted by molar-refractivity contribution is 0.0595. The van der Waals surface area contributed by atoms with Crippen LogP contribution in [0.1, 0.15) is 15.9 Å². The topological polar surface area (TPSA) is 69.9 Å². The van der Waals surface area contributed by atoms with Crippen LogP contribution in [-0.2, 0) is 17.5 Å². The minimum Gasteiger partial charge on any atom is -0.465 e. The lowest BCUT2D eigenvalue weighted by atomic mass is 10.1. The number of nitrogens with zero attached hydrogens (tertiary/aromatic N) is 4. The molecule has 8 heteroatoms. The van der Waals surface area contributed by atoms with Crippen molar-refractivity contribution in [3.63, 3.8) is 0 Å². The van der Waals surface area contributed by atoms with Gasteiger partial charge in [-0.05, 0) is 28.1 Å². The molecule has 6 nitrogen and oxygen atoms in total. The Hall–Kier alpha value is -1.96. The van der Waals surface area contributed by atoms with Crippen molar-refractivity contribution in [2.75, 3.05) is 7.11 Å². The van der Waals surface area contributed by atoms with Crippen LogP contribution in [0.25, 0.3) is 0 Å². The molecule has 19 heavy (non-hydrogen) atoms. The fourth-order valence-corrected chi connectivity index (χ4v) is 2.21. The number of methoxy groups -OCH3 is 1. The maximum Gasteiger partial charge on any atom is 0.340 e. The summed E-state index contributed by atoms with van der Waals surface area (Å²) in [6.07, 6.45) is 0. The molecule has 0 aliphatic heterocycles. The number of rotatable bonds is 4. The summed E-state index contributed by atoms with van der Waals surface area (Å²) >= 11 is 1.38. The molecule has 0 aliphatic rings. The molecule has 2 aromatic rings. The highest BCUT2D eigenvalue weighted by molar-refractivity contribution is 7.98. The van der Waals surface area contributed by atoms with E-state index >= 15 is 0 Å². The van der Waals surface area contributed by atoms with Gasteiger partial charge >= 0.3 is 5.97 Å². The quantitative estimate of drug-likeness (QED) is 0.624. The van der Waals surface area contributed by atoms with E-state index in [1.54, 1.807) is 13.1 Å². The Bertz CT molecular complexity index is 602. The number of benzene rings is 1. The van der Waals surface area contributed by atoms with Gasteiger partial charge in [0.15, 0.2) is 0 Å². The summed E-state index contributed by atoms with van der Waals surface area (Å²) in [6.45, 7) is 0. The van der Waals surface area contributed by atoms with Gasteiger partial charge in [-0.2, -0.15) is 0 Å². The van der Waals surface area contributed by atoms with Gasteiger partial charge in [0.25, 0.3) is 0 Å². The van der Waals surface area contributed by atoms with E-state index in [9.17, 15) is 9.18 Å². The van der Waals surface area contributed by atoms with E-state index < -0.39 is 11.8 Å². The minimum atomic E-state index is -0.686. The van der Waals surface area contributed by atoms with Crippen LogP contribution < -0.4 is 0 Å². The molecule has 0 unspecified atom stereocenters. The van der Waals surface area contributed by atoms with Gasteiger partial charge in [0.1, 0.15) is 5.82 Å². The first kappa shape index (κ1) is 13.5. The number of thioether (sulfide) groups is 1. The first-order valence-electron chi connectivity index (χ1n) is 5.33. The molecule has 2 rings (SSSR count). The lowest BCUT2D eigenvalue weighted by Crippen LogP contribution is -2.04. The second kappa shape index (κ2) is 5.79. The zero-order chi connectivity index (χ0) is 13.8. The van der Waals surface area contributed by atoms with Crippen molar-refractivity contribution in [3.8, 4) is 0 Å². The zero-order valence-electron chi connectivity index (χ0n) is 10.3. The van der Waals surface area contributed by atoms with Gasteiger partial charge in [0, 0.05) is 12.8 Å². The Kier molecular flexibility index (Phi) is 4.10. The summed E-state index contributed by atoms with van der Waals surface area (Å²) in [5.41, 5.74) is 0.662. The highest BCUT2D eigenvalue weighted by atomic mass is 32.2. The normalized spacial score (nSPS) is 10.5. The number of aryl methyl sites for hydroxylation is 1. The van der Waals surface area contributed by atoms with Gasteiger partial charge in [-0.1, -0.05) is 17.8 Å². The Morgan fingerprint density at radius 1 is 1.53 bits per heavy atom. The van der Waals surface area contributed by atoms with Gasteiger partial charge in [-0.25, -0.2) is 13.9 Å². The molecule has 0 aliphatic carbocycles. The van der Waals surface area contributed by atoms with Crippen LogP contribution in [0.5, 0.6) is 0 Å². The minimum absolute atomic E-state index is 0.0726. The Morgan fingerprint density at radius 3 is 2.89 bits per heavy atom. The molecule has 0 radical (unpaired) electrons. The predicted octanol–water partition coefficient (Wildman–Crippen LogP) is 1.43. The largest absolute Gasteiger partial charge is 0.465 e. The Balaban J connectivity index is 2.08. The molecule has 100 valence electrons. The summed E-state index contributed by atoms with van der Waals surface area (Å²) in [7, 11) is 2.94. The van der Waals surface area contributed by atoms with Crippen molar-refractivity contribution < 1.29 is 13.9 Å². The SMILES string of the molecule is COC(=O)c1ccc(CSc2nnnn2C)cc1F. The van der Waals surface area contributed by atoms with Crippen molar-refractivity contribution in [3.05, 3.63) is 35.1 Å². The first-order chi connectivity index (χ1) is 9.11. The van der Waals surface area contributed by atoms with Crippen LogP contribution in [0.15, 0.2) is 23.4 Å². The van der Waals surface area contributed by atoms with Crippen LogP contribution in [0.4, 0.5) is 4.39 Å². The van der Waals surface area contributed by atoms with E-state index in [-0.39, 0.29) is 5.56 Å². The number of halogens is 1. The Labute approximate surface area is 112 Å². The van der Waals surface area contributed by atoms with Crippen LogP contribution in [0.3, 0.4) is 0 Å². The highest BCUT2D eigenvalue weighted by Crippen LogP contribution is 2.21. The molecule has 1 aromatic carbocycles. The molecule has 0 fully saturated rings. The zero-order valence-corrected chi connectivity index (χ0v) is 11.1. The molecule has 0 N–H and O–H groups in total. The maximum absolute atomic E-state index is 13.7. The number of tetrazole rings is 1. The van der Waals surface area contributed by atoms with E-state index in [1.165, 1.54) is 35.7 Å². The van der Waals surface area contributed by atoms with E-state index in [0.717, 1.165) is 5.56 Å². The predicted molar refractivity (Wildman–Crippen MR) is 66.1 cm³/mol. The molecule has 0 saturated heterocycles. The van der Waals surface area contributed by atoms with Gasteiger partial charge < -0.3 is 4.74 Å². The number of esters is 1. The van der Waals surface area contributed by atoms with Crippen LogP contribution in [0, 0.1) is 5.82 Å². The van der Waals surface area contributed by atoms with E-state index in [2.05, 4.69) is 20.3 Å². The molecular formula is C11H11FN4O2S. The summed E-state index contributed by atoms with van der Waals surface area (Å²) in [5.74, 6) is -0.776. The fraction of sp³-hybridized carbons (Fsp3) is 0.273. The van der Waals surface area contributed by atoms with Crippen molar-refractivity contribution in [2.45, 2.75) is 10.9 Å². The standard InChI is InChI=1S/C11H11FN4O2S/c1-16-11(13-14-15-16)19-6-7-3-4-8(9(12)5-7)10(17)18-2/h3-5H,6H2,1-2H3. The number of ether oxygens (including phenoxy) is 1. The average molecular weight is 282 g/mol. The monoisotopic (exact) mass is 282 g/mol. The molecule has 0 amide bonds. The second-order valence-electron chi connectivity index (χ2n) is 3.68. The molecular weight excluding hydrogens is 271 g/mol. The van der Waals surface area contributed by atoms with E-state index in [4.69, 9.17) is 0 Å². The van der Waals surface area contributed by atoms with E-state index in [0.29, 0.717) is 10.9 Å². The van der Waals surface area contributed by atoms with Gasteiger partial charge in [0.2, 0.25) is 5.16 Å². The van der Waals surface area contributed by atoms with Crippen molar-refractivity contribution in [1.82, 2.24) is 20.2 Å². The molecule has 0 spiro atoms. The van der Waals surface area contributed by atoms with Crippen LogP contribution in [-0.4, -0.2) is 33.3 Å². The number of aromatic nitrogens is 4. The van der Waals surface area contributed by atoms with Gasteiger partial charge in [0.05, 0.1) is 12.7 Å². The molecule has 0 bridgehead atoms.